The summed E-state index contributed by atoms with van der Waals surface area (Å²) in [5, 5.41) is 3.48. The van der Waals surface area contributed by atoms with E-state index in [-0.39, 0.29) is 30.5 Å². The van der Waals surface area contributed by atoms with Gasteiger partial charge in [0.15, 0.2) is 0 Å². The zero-order chi connectivity index (χ0) is 28.0. The molecule has 0 radical (unpaired) electrons. The van der Waals surface area contributed by atoms with Crippen molar-refractivity contribution in [2.75, 3.05) is 27.4 Å². The number of amides is 1. The molecule has 7 nitrogen and oxygen atoms in total. The van der Waals surface area contributed by atoms with Crippen LogP contribution in [-0.2, 0) is 22.3 Å². The number of carbonyl (C=O) groups is 1. The summed E-state index contributed by atoms with van der Waals surface area (Å²) in [5.74, 6) is 0.639. The number of ether oxygens (including phenoxy) is 3. The summed E-state index contributed by atoms with van der Waals surface area (Å²) in [7, 11) is 2.99. The molecular formula is C29H38F3N3O4. The summed E-state index contributed by atoms with van der Waals surface area (Å²) in [6, 6.07) is 8.30. The smallest absolute Gasteiger partial charge is 0.416 e. The number of alkyl halides is 3. The Morgan fingerprint density at radius 1 is 1.21 bits per heavy atom. The molecule has 2 aliphatic rings. The Kier molecular flexibility index (Phi) is 9.71. The average molecular weight is 550 g/mol. The number of likely N-dealkylation sites (tertiary alicyclic amines) is 1. The Bertz CT molecular complexity index is 1110. The molecule has 1 N–H and O–H groups in total. The molecule has 4 atom stereocenters. The van der Waals surface area contributed by atoms with Crippen LogP contribution in [0.1, 0.15) is 68.3 Å². The number of carbonyl (C=O) groups excluding carboxylic acids is 1. The highest BCUT2D eigenvalue weighted by atomic mass is 19.4. The van der Waals surface area contributed by atoms with Crippen molar-refractivity contribution in [2.45, 2.75) is 76.3 Å². The molecule has 1 aromatic carbocycles. The van der Waals surface area contributed by atoms with E-state index in [2.05, 4.69) is 12.2 Å². The maximum Gasteiger partial charge on any atom is 0.416 e. The highest BCUT2D eigenvalue weighted by molar-refractivity contribution is 5.80. The van der Waals surface area contributed by atoms with Crippen molar-refractivity contribution in [1.82, 2.24) is 15.2 Å². The third-order valence-electron chi connectivity index (χ3n) is 7.67. The first-order valence-electron chi connectivity index (χ1n) is 13.6. The van der Waals surface area contributed by atoms with Gasteiger partial charge in [0.2, 0.25) is 11.8 Å². The predicted octanol–water partition coefficient (Wildman–Crippen LogP) is 5.53. The third kappa shape index (κ3) is 6.84. The van der Waals surface area contributed by atoms with E-state index in [1.165, 1.54) is 13.2 Å². The van der Waals surface area contributed by atoms with Gasteiger partial charge >= 0.3 is 6.18 Å². The number of hydrogen-bond donors (Lipinski definition) is 1. The maximum atomic E-state index is 14.0. The molecule has 2 aromatic rings. The molecule has 3 heterocycles. The number of halogens is 3. The Labute approximate surface area is 228 Å². The van der Waals surface area contributed by atoms with E-state index >= 15 is 0 Å². The molecule has 1 amide bonds. The molecule has 1 aromatic heterocycles. The van der Waals surface area contributed by atoms with Crippen LogP contribution in [0.4, 0.5) is 13.2 Å². The van der Waals surface area contributed by atoms with Gasteiger partial charge in [-0.25, -0.2) is 4.98 Å². The van der Waals surface area contributed by atoms with Crippen molar-refractivity contribution >= 4 is 5.91 Å². The van der Waals surface area contributed by atoms with Crippen molar-refractivity contribution in [3.63, 3.8) is 0 Å². The molecule has 0 bridgehead atoms. The Balaban J connectivity index is 1.68. The van der Waals surface area contributed by atoms with Gasteiger partial charge in [0.1, 0.15) is 5.75 Å². The number of rotatable bonds is 10. The fourth-order valence-electron chi connectivity index (χ4n) is 5.70. The van der Waals surface area contributed by atoms with Crippen molar-refractivity contribution in [3.8, 4) is 11.6 Å². The lowest BCUT2D eigenvalue weighted by atomic mass is 9.98. The fraction of sp³-hybridized carbons (Fsp3) is 0.586. The first-order chi connectivity index (χ1) is 18.8. The Morgan fingerprint density at radius 2 is 2.03 bits per heavy atom. The van der Waals surface area contributed by atoms with Crippen LogP contribution >= 0.6 is 0 Å². The van der Waals surface area contributed by atoms with E-state index in [1.54, 1.807) is 13.2 Å². The van der Waals surface area contributed by atoms with Crippen LogP contribution in [0.15, 0.2) is 36.4 Å². The minimum Gasteiger partial charge on any atom is -0.496 e. The second kappa shape index (κ2) is 13.0. The number of nitrogens with one attached hydrogen (secondary N) is 1. The zero-order valence-corrected chi connectivity index (χ0v) is 22.8. The number of methoxy groups -OCH3 is 2. The molecular weight excluding hydrogens is 511 g/mol. The van der Waals surface area contributed by atoms with Gasteiger partial charge in [0, 0.05) is 36.9 Å². The fourth-order valence-corrected chi connectivity index (χ4v) is 5.70. The van der Waals surface area contributed by atoms with Crippen molar-refractivity contribution in [1.29, 1.82) is 0 Å². The maximum absolute atomic E-state index is 14.0. The molecule has 4 rings (SSSR count). The van der Waals surface area contributed by atoms with Gasteiger partial charge in [-0.15, -0.1) is 0 Å². The largest absolute Gasteiger partial charge is 0.496 e. The van der Waals surface area contributed by atoms with Crippen LogP contribution in [-0.4, -0.2) is 55.3 Å². The highest BCUT2D eigenvalue weighted by Crippen LogP contribution is 2.41. The van der Waals surface area contributed by atoms with E-state index in [0.29, 0.717) is 42.5 Å². The van der Waals surface area contributed by atoms with Crippen molar-refractivity contribution in [3.05, 3.63) is 53.2 Å². The Hall–Kier alpha value is -2.85. The topological polar surface area (TPSA) is 72.9 Å². The van der Waals surface area contributed by atoms with Gasteiger partial charge in [0.25, 0.3) is 0 Å². The van der Waals surface area contributed by atoms with Gasteiger partial charge in [-0.3, -0.25) is 4.79 Å². The molecule has 0 aliphatic carbocycles. The summed E-state index contributed by atoms with van der Waals surface area (Å²) < 4.78 is 56.7. The SMILES string of the molecule is CCCCC1CC(NCc2cc(C(F)(F)F)ccc2OC)C(c2cccc(OC)n2)N1C(=O)C1CCCOC1. The lowest BCUT2D eigenvalue weighted by Gasteiger charge is -2.35. The van der Waals surface area contributed by atoms with E-state index in [4.69, 9.17) is 19.2 Å². The molecule has 39 heavy (non-hydrogen) atoms. The van der Waals surface area contributed by atoms with Crippen LogP contribution in [0.5, 0.6) is 11.6 Å². The normalized spacial score (nSPS) is 23.6. The van der Waals surface area contributed by atoms with Gasteiger partial charge in [-0.05, 0) is 49.9 Å². The molecule has 4 unspecified atom stereocenters. The summed E-state index contributed by atoms with van der Waals surface area (Å²) in [4.78, 5) is 20.7. The standard InChI is InChI=1S/C29H38F3N3O4/c1-4-5-9-22-16-24(33-17-20-15-21(29(30,31)32)12-13-25(20)37-2)27(23-10-6-11-26(34-23)38-3)35(22)28(36)19-8-7-14-39-18-19/h6,10-13,15,19,22,24,27,33H,4-5,7-9,14,16-18H2,1-3H3. The average Bonchev–Trinajstić information content (AvgIpc) is 3.32. The molecule has 2 fully saturated rings. The van der Waals surface area contributed by atoms with Crippen LogP contribution in [0, 0.1) is 5.92 Å². The monoisotopic (exact) mass is 549 g/mol. The van der Waals surface area contributed by atoms with Gasteiger partial charge in [-0.2, -0.15) is 13.2 Å². The number of pyridine rings is 1. The van der Waals surface area contributed by atoms with Crippen LogP contribution in [0.3, 0.4) is 0 Å². The quantitative estimate of drug-likeness (QED) is 0.420. The second-order valence-corrected chi connectivity index (χ2v) is 10.3. The zero-order valence-electron chi connectivity index (χ0n) is 22.8. The minimum absolute atomic E-state index is 0.0294. The van der Waals surface area contributed by atoms with E-state index in [0.717, 1.165) is 44.2 Å². The number of unbranched alkanes of at least 4 members (excludes halogenated alkanes) is 1. The highest BCUT2D eigenvalue weighted by Gasteiger charge is 2.46. The van der Waals surface area contributed by atoms with E-state index in [1.807, 2.05) is 17.0 Å². The number of benzene rings is 1. The lowest BCUT2D eigenvalue weighted by Crippen LogP contribution is -2.45. The summed E-state index contributed by atoms with van der Waals surface area (Å²) in [5.41, 5.74) is 0.361. The molecule has 2 saturated heterocycles. The van der Waals surface area contributed by atoms with Crippen molar-refractivity contribution in [2.24, 2.45) is 5.92 Å². The molecule has 0 spiro atoms. The number of hydrogen-bond acceptors (Lipinski definition) is 6. The van der Waals surface area contributed by atoms with E-state index in [9.17, 15) is 18.0 Å². The van der Waals surface area contributed by atoms with Gasteiger partial charge in [-0.1, -0.05) is 25.8 Å². The van der Waals surface area contributed by atoms with Gasteiger partial charge in [0.05, 0.1) is 44.0 Å². The molecule has 2 aliphatic heterocycles. The molecule has 10 heteroatoms. The van der Waals surface area contributed by atoms with Crippen LogP contribution in [0.25, 0.3) is 0 Å². The number of nitrogens with zero attached hydrogens (tertiary/aromatic N) is 2. The third-order valence-corrected chi connectivity index (χ3v) is 7.67. The lowest BCUT2D eigenvalue weighted by molar-refractivity contribution is -0.143. The summed E-state index contributed by atoms with van der Waals surface area (Å²) in [6.45, 7) is 3.32. The minimum atomic E-state index is -4.46. The molecule has 0 saturated carbocycles. The van der Waals surface area contributed by atoms with Crippen molar-refractivity contribution < 1.29 is 32.2 Å². The second-order valence-electron chi connectivity index (χ2n) is 10.3. The summed E-state index contributed by atoms with van der Waals surface area (Å²) >= 11 is 0. The summed E-state index contributed by atoms with van der Waals surface area (Å²) in [6.07, 6.45) is 0.592. The van der Waals surface area contributed by atoms with Crippen LogP contribution < -0.4 is 14.8 Å². The Morgan fingerprint density at radius 3 is 2.69 bits per heavy atom. The predicted molar refractivity (Wildman–Crippen MR) is 140 cm³/mol. The van der Waals surface area contributed by atoms with Gasteiger partial charge < -0.3 is 24.4 Å². The number of aromatic nitrogens is 1. The van der Waals surface area contributed by atoms with E-state index < -0.39 is 17.8 Å². The van der Waals surface area contributed by atoms with Crippen LogP contribution in [0.2, 0.25) is 0 Å². The first-order valence-corrected chi connectivity index (χ1v) is 13.6. The first kappa shape index (κ1) is 29.1. The molecule has 214 valence electrons.